The van der Waals surface area contributed by atoms with E-state index in [1.165, 1.54) is 20.9 Å². The van der Waals surface area contributed by atoms with Crippen LogP contribution in [0.2, 0.25) is 0 Å². The molecule has 0 saturated carbocycles. The molecule has 0 bridgehead atoms. The van der Waals surface area contributed by atoms with Gasteiger partial charge in [0.15, 0.2) is 0 Å². The molecule has 0 aliphatic rings. The summed E-state index contributed by atoms with van der Waals surface area (Å²) in [6.45, 7) is 4.34. The Morgan fingerprint density at radius 2 is 2.00 bits per heavy atom. The van der Waals surface area contributed by atoms with Gasteiger partial charge in [0.05, 0.1) is 4.83 Å². The Labute approximate surface area is 109 Å². The van der Waals surface area contributed by atoms with Gasteiger partial charge in [0.2, 0.25) is 0 Å². The minimum absolute atomic E-state index is 0.410. The Balaban J connectivity index is 2.11. The number of nitrogens with zero attached hydrogens (tertiary/aromatic N) is 1. The third-order valence-electron chi connectivity index (χ3n) is 2.66. The quantitative estimate of drug-likeness (QED) is 0.763. The molecule has 3 heteroatoms. The number of halogens is 1. The molecule has 1 atom stereocenters. The predicted molar refractivity (Wildman–Crippen MR) is 73.4 cm³/mol. The second-order valence-electron chi connectivity index (χ2n) is 3.92. The van der Waals surface area contributed by atoms with Crippen LogP contribution < -0.4 is 0 Å². The smallest absolute Gasteiger partial charge is 0.0529 e. The highest BCUT2D eigenvalue weighted by Crippen LogP contribution is 2.33. The first kappa shape index (κ1) is 11.8. The Bertz CT molecular complexity index is 445. The molecule has 2 rings (SSSR count). The first-order chi connectivity index (χ1) is 7.66. The summed E-state index contributed by atoms with van der Waals surface area (Å²) in [7, 11) is 0. The van der Waals surface area contributed by atoms with E-state index in [1.54, 1.807) is 0 Å². The van der Waals surface area contributed by atoms with Crippen LogP contribution >= 0.6 is 27.3 Å². The summed E-state index contributed by atoms with van der Waals surface area (Å²) in [6.07, 6.45) is 4.71. The van der Waals surface area contributed by atoms with E-state index in [0.29, 0.717) is 4.83 Å². The molecule has 0 aliphatic carbocycles. The lowest BCUT2D eigenvalue weighted by Gasteiger charge is -2.06. The Hall–Kier alpha value is -0.670. The average molecular weight is 296 g/mol. The van der Waals surface area contributed by atoms with E-state index in [4.69, 9.17) is 0 Å². The first-order valence-electron chi connectivity index (χ1n) is 5.26. The predicted octanol–water partition coefficient (Wildman–Crippen LogP) is 4.44. The van der Waals surface area contributed by atoms with Gasteiger partial charge < -0.3 is 0 Å². The van der Waals surface area contributed by atoms with Crippen LogP contribution in [0.3, 0.4) is 0 Å². The second kappa shape index (κ2) is 5.11. The van der Waals surface area contributed by atoms with E-state index < -0.39 is 0 Å². The topological polar surface area (TPSA) is 12.9 Å². The number of alkyl halides is 1. The van der Waals surface area contributed by atoms with Crippen molar-refractivity contribution in [3.8, 4) is 0 Å². The van der Waals surface area contributed by atoms with Crippen LogP contribution in [0.1, 0.15) is 25.7 Å². The van der Waals surface area contributed by atoms with Crippen LogP contribution in [0, 0.1) is 13.8 Å². The molecule has 0 aromatic carbocycles. The molecule has 0 saturated heterocycles. The minimum Gasteiger partial charge on any atom is -0.265 e. The maximum Gasteiger partial charge on any atom is 0.0529 e. The van der Waals surface area contributed by atoms with Gasteiger partial charge in [-0.2, -0.15) is 0 Å². The molecule has 0 spiro atoms. The number of thiophene rings is 1. The molecule has 2 aromatic heterocycles. The molecule has 2 aromatic rings. The van der Waals surface area contributed by atoms with Gasteiger partial charge in [-0.3, -0.25) is 4.98 Å². The number of aryl methyl sites for hydroxylation is 2. The van der Waals surface area contributed by atoms with Crippen LogP contribution in [-0.2, 0) is 6.42 Å². The molecular formula is C13H14BrNS. The van der Waals surface area contributed by atoms with Crippen molar-refractivity contribution < 1.29 is 0 Å². The van der Waals surface area contributed by atoms with Crippen molar-refractivity contribution in [1.29, 1.82) is 0 Å². The van der Waals surface area contributed by atoms with Crippen LogP contribution in [0.5, 0.6) is 0 Å². The van der Waals surface area contributed by atoms with Gasteiger partial charge in [-0.15, -0.1) is 11.3 Å². The summed E-state index contributed by atoms with van der Waals surface area (Å²) < 4.78 is 0. The first-order valence-corrected chi connectivity index (χ1v) is 7.00. The van der Waals surface area contributed by atoms with Crippen molar-refractivity contribution in [2.45, 2.75) is 25.1 Å². The van der Waals surface area contributed by atoms with Crippen molar-refractivity contribution in [2.24, 2.45) is 0 Å². The normalized spacial score (nSPS) is 12.7. The van der Waals surface area contributed by atoms with Crippen LogP contribution in [-0.4, -0.2) is 4.98 Å². The summed E-state index contributed by atoms with van der Waals surface area (Å²) >= 11 is 5.64. The standard InChI is InChI=1S/C13H14BrNS/c1-9-7-13(16-10(9)2)12(14)8-11-3-5-15-6-4-11/h3-7,12H,8H2,1-2H3. The highest BCUT2D eigenvalue weighted by atomic mass is 79.9. The van der Waals surface area contributed by atoms with Crippen LogP contribution in [0.15, 0.2) is 30.6 Å². The van der Waals surface area contributed by atoms with Gasteiger partial charge in [0.1, 0.15) is 0 Å². The molecular weight excluding hydrogens is 282 g/mol. The summed E-state index contributed by atoms with van der Waals surface area (Å²) in [4.78, 5) is 7.26. The molecule has 0 amide bonds. The summed E-state index contributed by atoms with van der Waals surface area (Å²) in [6, 6.07) is 6.42. The number of hydrogen-bond acceptors (Lipinski definition) is 2. The van der Waals surface area contributed by atoms with Crippen molar-refractivity contribution in [1.82, 2.24) is 4.98 Å². The number of pyridine rings is 1. The third kappa shape index (κ3) is 2.71. The number of hydrogen-bond donors (Lipinski definition) is 0. The lowest BCUT2D eigenvalue weighted by atomic mass is 10.1. The Morgan fingerprint density at radius 1 is 1.31 bits per heavy atom. The highest BCUT2D eigenvalue weighted by Gasteiger charge is 2.12. The van der Waals surface area contributed by atoms with Gasteiger partial charge in [-0.05, 0) is 49.6 Å². The second-order valence-corrected chi connectivity index (χ2v) is 6.31. The number of rotatable bonds is 3. The maximum atomic E-state index is 4.03. The zero-order valence-corrected chi connectivity index (χ0v) is 11.8. The minimum atomic E-state index is 0.410. The SMILES string of the molecule is Cc1cc(C(Br)Cc2ccncc2)sc1C. The van der Waals surface area contributed by atoms with E-state index >= 15 is 0 Å². The highest BCUT2D eigenvalue weighted by molar-refractivity contribution is 9.09. The molecule has 16 heavy (non-hydrogen) atoms. The molecule has 0 aliphatic heterocycles. The monoisotopic (exact) mass is 295 g/mol. The lowest BCUT2D eigenvalue weighted by Crippen LogP contribution is -1.92. The molecule has 0 N–H and O–H groups in total. The van der Waals surface area contributed by atoms with Crippen LogP contribution in [0.4, 0.5) is 0 Å². The molecule has 0 radical (unpaired) electrons. The van der Waals surface area contributed by atoms with Crippen molar-refractivity contribution in [3.63, 3.8) is 0 Å². The van der Waals surface area contributed by atoms with E-state index in [1.807, 2.05) is 23.7 Å². The van der Waals surface area contributed by atoms with Crippen molar-refractivity contribution >= 4 is 27.3 Å². The third-order valence-corrected chi connectivity index (χ3v) is 5.04. The fourth-order valence-corrected chi connectivity index (χ4v) is 3.39. The van der Waals surface area contributed by atoms with Gasteiger partial charge >= 0.3 is 0 Å². The van der Waals surface area contributed by atoms with Crippen molar-refractivity contribution in [2.75, 3.05) is 0 Å². The maximum absolute atomic E-state index is 4.03. The molecule has 84 valence electrons. The summed E-state index contributed by atoms with van der Waals surface area (Å²) in [5, 5.41) is 0. The zero-order chi connectivity index (χ0) is 11.5. The van der Waals surface area contributed by atoms with E-state index in [2.05, 4.69) is 53.0 Å². The van der Waals surface area contributed by atoms with Gasteiger partial charge in [-0.25, -0.2) is 0 Å². The van der Waals surface area contributed by atoms with E-state index in [9.17, 15) is 0 Å². The Morgan fingerprint density at radius 3 is 2.56 bits per heavy atom. The van der Waals surface area contributed by atoms with Crippen molar-refractivity contribution in [3.05, 3.63) is 51.5 Å². The van der Waals surface area contributed by atoms with E-state index in [0.717, 1.165) is 6.42 Å². The summed E-state index contributed by atoms with van der Waals surface area (Å²) in [5.41, 5.74) is 2.71. The average Bonchev–Trinajstić information content (AvgIpc) is 2.61. The molecule has 1 unspecified atom stereocenters. The summed E-state index contributed by atoms with van der Waals surface area (Å²) in [5.74, 6) is 0. The lowest BCUT2D eigenvalue weighted by molar-refractivity contribution is 0.963. The Kier molecular flexibility index (Phi) is 3.77. The molecule has 1 nitrogen and oxygen atoms in total. The fourth-order valence-electron chi connectivity index (χ4n) is 1.58. The van der Waals surface area contributed by atoms with Crippen LogP contribution in [0.25, 0.3) is 0 Å². The number of aromatic nitrogens is 1. The van der Waals surface area contributed by atoms with E-state index in [-0.39, 0.29) is 0 Å². The zero-order valence-electron chi connectivity index (χ0n) is 9.40. The fraction of sp³-hybridized carbons (Fsp3) is 0.308. The molecule has 2 heterocycles. The van der Waals surface area contributed by atoms with Gasteiger partial charge in [-0.1, -0.05) is 15.9 Å². The van der Waals surface area contributed by atoms with Gasteiger partial charge in [0.25, 0.3) is 0 Å². The molecule has 0 fully saturated rings. The largest absolute Gasteiger partial charge is 0.265 e. The van der Waals surface area contributed by atoms with Gasteiger partial charge in [0, 0.05) is 22.1 Å².